The molecule has 1 aromatic heterocycles. The molecule has 2 rings (SSSR count). The number of hydrogen-bond acceptors (Lipinski definition) is 4. The van der Waals surface area contributed by atoms with Crippen molar-refractivity contribution in [3.63, 3.8) is 0 Å². The Morgan fingerprint density at radius 3 is 2.58 bits per heavy atom. The van der Waals surface area contributed by atoms with Crippen molar-refractivity contribution in [2.75, 3.05) is 11.9 Å². The Kier molecular flexibility index (Phi) is 7.62. The van der Waals surface area contributed by atoms with Crippen LogP contribution in [0.4, 0.5) is 5.13 Å². The first-order chi connectivity index (χ1) is 12.2. The maximum Gasteiger partial charge on any atom is 0.245 e. The van der Waals surface area contributed by atoms with Crippen molar-refractivity contribution in [3.05, 3.63) is 11.6 Å². The third-order valence-electron chi connectivity index (χ3n) is 4.81. The van der Waals surface area contributed by atoms with Crippen molar-refractivity contribution < 1.29 is 9.59 Å². The van der Waals surface area contributed by atoms with Crippen LogP contribution in [-0.4, -0.2) is 34.3 Å². The monoisotopic (exact) mass is 379 g/mol. The van der Waals surface area contributed by atoms with Crippen LogP contribution in [0.15, 0.2) is 11.6 Å². The largest absolute Gasteiger partial charge is 0.330 e. The van der Waals surface area contributed by atoms with E-state index >= 15 is 0 Å². The molecule has 0 radical (unpaired) electrons. The van der Waals surface area contributed by atoms with Gasteiger partial charge in [-0.2, -0.15) is 0 Å². The first-order valence-corrected chi connectivity index (χ1v) is 10.6. The molecule has 146 valence electrons. The van der Waals surface area contributed by atoms with Crippen LogP contribution in [-0.2, 0) is 9.59 Å². The zero-order valence-corrected chi connectivity index (χ0v) is 17.4. The Bertz CT molecular complexity index is 574. The van der Waals surface area contributed by atoms with E-state index in [-0.39, 0.29) is 29.8 Å². The second-order valence-electron chi connectivity index (χ2n) is 8.77. The molecule has 6 heteroatoms. The molecule has 0 saturated heterocycles. The van der Waals surface area contributed by atoms with Crippen LogP contribution in [0, 0.1) is 11.3 Å². The smallest absolute Gasteiger partial charge is 0.245 e. The van der Waals surface area contributed by atoms with Gasteiger partial charge in [0.15, 0.2) is 5.13 Å². The number of carbonyl (C=O) groups is 2. The highest BCUT2D eigenvalue weighted by atomic mass is 32.1. The minimum Gasteiger partial charge on any atom is -0.330 e. The quantitative estimate of drug-likeness (QED) is 0.746. The van der Waals surface area contributed by atoms with Gasteiger partial charge in [0.1, 0.15) is 6.54 Å². The SMILES string of the molecule is CC(CC(=O)N(CC(=O)Nc1nccs1)C1CCCCC1)CC(C)(C)C. The second-order valence-corrected chi connectivity index (χ2v) is 9.67. The number of carbonyl (C=O) groups excluding carboxylic acids is 2. The van der Waals surface area contributed by atoms with Gasteiger partial charge in [0.25, 0.3) is 0 Å². The maximum atomic E-state index is 13.0. The number of thiazole rings is 1. The van der Waals surface area contributed by atoms with E-state index in [1.165, 1.54) is 17.8 Å². The first-order valence-electron chi connectivity index (χ1n) is 9.73. The third kappa shape index (κ3) is 7.06. The minimum absolute atomic E-state index is 0.114. The zero-order chi connectivity index (χ0) is 19.2. The van der Waals surface area contributed by atoms with E-state index in [4.69, 9.17) is 0 Å². The lowest BCUT2D eigenvalue weighted by molar-refractivity contribution is -0.138. The molecule has 0 aliphatic heterocycles. The molecule has 1 aromatic rings. The number of nitrogens with one attached hydrogen (secondary N) is 1. The summed E-state index contributed by atoms with van der Waals surface area (Å²) < 4.78 is 0. The molecule has 1 aliphatic rings. The predicted octanol–water partition coefficient (Wildman–Crippen LogP) is 4.71. The van der Waals surface area contributed by atoms with Gasteiger partial charge in [-0.05, 0) is 30.6 Å². The Hall–Kier alpha value is -1.43. The standard InChI is InChI=1S/C20H33N3O2S/c1-15(13-20(2,3)4)12-18(25)23(16-8-6-5-7-9-16)14-17(24)22-19-21-10-11-26-19/h10-11,15-16H,5-9,12-14H2,1-4H3,(H,21,22,24). The number of hydrogen-bond donors (Lipinski definition) is 1. The molecule has 0 spiro atoms. The zero-order valence-electron chi connectivity index (χ0n) is 16.6. The molecular formula is C20H33N3O2S. The minimum atomic E-state index is -0.151. The lowest BCUT2D eigenvalue weighted by atomic mass is 9.84. The average molecular weight is 380 g/mol. The van der Waals surface area contributed by atoms with Gasteiger partial charge in [0, 0.05) is 24.0 Å². The maximum absolute atomic E-state index is 13.0. The van der Waals surface area contributed by atoms with Crippen molar-refractivity contribution >= 4 is 28.3 Å². The molecule has 5 nitrogen and oxygen atoms in total. The molecule has 0 bridgehead atoms. The van der Waals surface area contributed by atoms with Crippen LogP contribution >= 0.6 is 11.3 Å². The van der Waals surface area contributed by atoms with Gasteiger partial charge in [-0.15, -0.1) is 11.3 Å². The summed E-state index contributed by atoms with van der Waals surface area (Å²) >= 11 is 1.39. The highest BCUT2D eigenvalue weighted by Gasteiger charge is 2.29. The van der Waals surface area contributed by atoms with Gasteiger partial charge < -0.3 is 10.2 Å². The number of nitrogens with zero attached hydrogens (tertiary/aromatic N) is 2. The fourth-order valence-corrected chi connectivity index (χ4v) is 4.49. The molecule has 2 amide bonds. The summed E-state index contributed by atoms with van der Waals surface area (Å²) in [7, 11) is 0. The van der Waals surface area contributed by atoms with Crippen LogP contribution in [0.5, 0.6) is 0 Å². The summed E-state index contributed by atoms with van der Waals surface area (Å²) in [6.45, 7) is 8.88. The van der Waals surface area contributed by atoms with Crippen LogP contribution in [0.3, 0.4) is 0 Å². The summed E-state index contributed by atoms with van der Waals surface area (Å²) in [6, 6.07) is 0.195. The first kappa shape index (κ1) is 20.9. The van der Waals surface area contributed by atoms with E-state index in [2.05, 4.69) is 38.0 Å². The molecule has 1 unspecified atom stereocenters. The van der Waals surface area contributed by atoms with Crippen molar-refractivity contribution in [1.82, 2.24) is 9.88 Å². The van der Waals surface area contributed by atoms with Crippen LogP contribution in [0.25, 0.3) is 0 Å². The molecule has 1 saturated carbocycles. The number of amides is 2. The molecule has 1 atom stereocenters. The Morgan fingerprint density at radius 1 is 1.31 bits per heavy atom. The molecule has 1 heterocycles. The Labute approximate surface area is 161 Å². The number of aromatic nitrogens is 1. The van der Waals surface area contributed by atoms with Gasteiger partial charge in [0.05, 0.1) is 0 Å². The average Bonchev–Trinajstić information content (AvgIpc) is 3.04. The van der Waals surface area contributed by atoms with Gasteiger partial charge in [-0.3, -0.25) is 9.59 Å². The molecule has 1 N–H and O–H groups in total. The summed E-state index contributed by atoms with van der Waals surface area (Å²) in [5.41, 5.74) is 0.206. The third-order valence-corrected chi connectivity index (χ3v) is 5.50. The van der Waals surface area contributed by atoms with Crippen molar-refractivity contribution in [2.45, 2.75) is 78.7 Å². The van der Waals surface area contributed by atoms with Gasteiger partial charge in [-0.1, -0.05) is 47.0 Å². The normalized spacial score (nSPS) is 16.9. The summed E-state index contributed by atoms with van der Waals surface area (Å²) in [6.07, 6.45) is 8.69. The predicted molar refractivity (Wildman–Crippen MR) is 107 cm³/mol. The van der Waals surface area contributed by atoms with Crippen molar-refractivity contribution in [1.29, 1.82) is 0 Å². The Morgan fingerprint density at radius 2 is 2.00 bits per heavy atom. The molecule has 26 heavy (non-hydrogen) atoms. The molecular weight excluding hydrogens is 346 g/mol. The van der Waals surface area contributed by atoms with E-state index in [9.17, 15) is 9.59 Å². The van der Waals surface area contributed by atoms with E-state index < -0.39 is 0 Å². The Balaban J connectivity index is 2.00. The summed E-state index contributed by atoms with van der Waals surface area (Å²) in [5, 5.41) is 5.23. The van der Waals surface area contributed by atoms with E-state index in [0.717, 1.165) is 32.1 Å². The summed E-state index contributed by atoms with van der Waals surface area (Å²) in [4.78, 5) is 31.4. The lowest BCUT2D eigenvalue weighted by Crippen LogP contribution is -2.46. The van der Waals surface area contributed by atoms with E-state index in [1.54, 1.807) is 6.20 Å². The van der Waals surface area contributed by atoms with Gasteiger partial charge in [0.2, 0.25) is 11.8 Å². The van der Waals surface area contributed by atoms with Crippen molar-refractivity contribution in [3.8, 4) is 0 Å². The fraction of sp³-hybridized carbons (Fsp3) is 0.750. The lowest BCUT2D eigenvalue weighted by Gasteiger charge is -2.35. The highest BCUT2D eigenvalue weighted by molar-refractivity contribution is 7.13. The van der Waals surface area contributed by atoms with Crippen molar-refractivity contribution in [2.24, 2.45) is 11.3 Å². The molecule has 1 fully saturated rings. The molecule has 0 aromatic carbocycles. The second kappa shape index (κ2) is 9.49. The summed E-state index contributed by atoms with van der Waals surface area (Å²) in [5.74, 6) is 0.279. The topological polar surface area (TPSA) is 62.3 Å². The number of anilines is 1. The van der Waals surface area contributed by atoms with Crippen LogP contribution < -0.4 is 5.32 Å². The fourth-order valence-electron chi connectivity index (χ4n) is 3.95. The van der Waals surface area contributed by atoms with Gasteiger partial charge >= 0.3 is 0 Å². The molecule has 1 aliphatic carbocycles. The number of rotatable bonds is 7. The van der Waals surface area contributed by atoms with E-state index in [0.29, 0.717) is 17.5 Å². The van der Waals surface area contributed by atoms with E-state index in [1.807, 2.05) is 10.3 Å². The van der Waals surface area contributed by atoms with Gasteiger partial charge in [-0.25, -0.2) is 4.98 Å². The highest BCUT2D eigenvalue weighted by Crippen LogP contribution is 2.28. The van der Waals surface area contributed by atoms with Crippen LogP contribution in [0.2, 0.25) is 0 Å². The van der Waals surface area contributed by atoms with Crippen LogP contribution in [0.1, 0.15) is 72.6 Å².